The smallest absolute Gasteiger partial charge is 0.353 e. The maximum atomic E-state index is 15.5. The van der Waals surface area contributed by atoms with Gasteiger partial charge in [-0.05, 0) is 68.6 Å². The first-order chi connectivity index (χ1) is 20.6. The molecule has 9 nitrogen and oxygen atoms in total. The summed E-state index contributed by atoms with van der Waals surface area (Å²) in [5, 5.41) is 9.65. The zero-order valence-corrected chi connectivity index (χ0v) is 23.6. The van der Waals surface area contributed by atoms with Crippen LogP contribution in [0.1, 0.15) is 86.1 Å². The summed E-state index contributed by atoms with van der Waals surface area (Å²) in [5.41, 5.74) is 0.0875. The van der Waals surface area contributed by atoms with Crippen molar-refractivity contribution in [3.63, 3.8) is 0 Å². The van der Waals surface area contributed by atoms with Gasteiger partial charge in [0.25, 0.3) is 0 Å². The molecule has 7 rings (SSSR count). The zero-order chi connectivity index (χ0) is 30.0. The van der Waals surface area contributed by atoms with Gasteiger partial charge < -0.3 is 15.2 Å². The molecule has 43 heavy (non-hydrogen) atoms. The van der Waals surface area contributed by atoms with Gasteiger partial charge in [0.2, 0.25) is 11.8 Å². The number of aromatic amines is 1. The Morgan fingerprint density at radius 1 is 1.07 bits per heavy atom. The summed E-state index contributed by atoms with van der Waals surface area (Å²) in [6.07, 6.45) is 5.03. The lowest BCUT2D eigenvalue weighted by atomic mass is 9.73. The number of halogens is 5. The molecule has 4 aliphatic rings. The van der Waals surface area contributed by atoms with E-state index in [9.17, 15) is 22.8 Å². The maximum Gasteiger partial charge on any atom is 0.436 e. The van der Waals surface area contributed by atoms with E-state index in [1.165, 1.54) is 18.2 Å². The largest absolute Gasteiger partial charge is 0.436 e. The number of piperidine rings is 1. The highest BCUT2D eigenvalue weighted by Gasteiger charge is 2.43. The molecule has 14 heteroatoms. The van der Waals surface area contributed by atoms with Crippen LogP contribution in [0.15, 0.2) is 30.6 Å². The molecule has 1 aliphatic carbocycles. The van der Waals surface area contributed by atoms with E-state index in [2.05, 4.69) is 25.6 Å². The molecule has 2 amide bonds. The standard InChI is InChI=1S/C29H28ClF4N7O2/c30-18-4-7-21(40-13-23(38-39-40)29(32,33)34)26(27(18)31)16-10-17-3-6-22(41(17)25(43)11-16)28-35-12-20(37-28)15-1-5-19-14(9-15)2-8-24(42)36-19/h4,7,11-15,17,19,22H,1-3,5-6,8-10H2,(H,35,37)(H,36,42)/t14?,15?,17-,19?,22+/m1/s1. The fraction of sp³-hybridized carbons (Fsp3) is 0.483. The second-order valence-corrected chi connectivity index (χ2v) is 12.3. The summed E-state index contributed by atoms with van der Waals surface area (Å²) >= 11 is 6.08. The van der Waals surface area contributed by atoms with Gasteiger partial charge in [0.1, 0.15) is 5.82 Å². The number of hydrogen-bond acceptors (Lipinski definition) is 5. The quantitative estimate of drug-likeness (QED) is 0.377. The molecule has 5 heterocycles. The lowest BCUT2D eigenvalue weighted by Gasteiger charge is -2.39. The Morgan fingerprint density at radius 2 is 1.91 bits per heavy atom. The molecule has 2 N–H and O–H groups in total. The van der Waals surface area contributed by atoms with Crippen LogP contribution in [-0.4, -0.2) is 53.8 Å². The number of nitrogens with zero attached hydrogens (tertiary/aromatic N) is 5. The summed E-state index contributed by atoms with van der Waals surface area (Å²) < 4.78 is 55.9. The predicted octanol–water partition coefficient (Wildman–Crippen LogP) is 5.48. The minimum absolute atomic E-state index is 0.00914. The molecule has 5 atom stereocenters. The molecule has 2 saturated heterocycles. The highest BCUT2D eigenvalue weighted by atomic mass is 35.5. The van der Waals surface area contributed by atoms with Crippen molar-refractivity contribution < 1.29 is 27.2 Å². The molecule has 0 bridgehead atoms. The van der Waals surface area contributed by atoms with Gasteiger partial charge >= 0.3 is 6.18 Å². The number of carbonyl (C=O) groups excluding carboxylic acids is 2. The van der Waals surface area contributed by atoms with Crippen molar-refractivity contribution in [2.24, 2.45) is 5.92 Å². The normalized spacial score (nSPS) is 27.5. The molecule has 2 aromatic heterocycles. The first-order valence-corrected chi connectivity index (χ1v) is 14.8. The first-order valence-electron chi connectivity index (χ1n) is 14.4. The number of amides is 2. The van der Waals surface area contributed by atoms with Gasteiger partial charge in [0, 0.05) is 48.0 Å². The van der Waals surface area contributed by atoms with Crippen molar-refractivity contribution in [2.45, 2.75) is 81.6 Å². The monoisotopic (exact) mass is 617 g/mol. The van der Waals surface area contributed by atoms with Crippen molar-refractivity contribution in [2.75, 3.05) is 0 Å². The molecule has 0 spiro atoms. The van der Waals surface area contributed by atoms with Crippen LogP contribution in [0.25, 0.3) is 11.3 Å². The van der Waals surface area contributed by atoms with E-state index in [1.807, 2.05) is 6.20 Å². The van der Waals surface area contributed by atoms with Crippen LogP contribution in [-0.2, 0) is 15.8 Å². The molecule has 226 valence electrons. The van der Waals surface area contributed by atoms with Crippen LogP contribution in [0.2, 0.25) is 5.02 Å². The van der Waals surface area contributed by atoms with E-state index in [0.29, 0.717) is 48.7 Å². The number of rotatable bonds is 4. The summed E-state index contributed by atoms with van der Waals surface area (Å²) in [7, 11) is 0. The molecule has 1 aromatic carbocycles. The van der Waals surface area contributed by atoms with Gasteiger partial charge in [-0.15, -0.1) is 5.10 Å². The number of H-pyrrole nitrogens is 1. The van der Waals surface area contributed by atoms with E-state index in [4.69, 9.17) is 11.6 Å². The Hall–Kier alpha value is -3.74. The lowest BCUT2D eigenvalue weighted by Crippen LogP contribution is -2.47. The third-order valence-corrected chi connectivity index (χ3v) is 9.67. The van der Waals surface area contributed by atoms with Crippen LogP contribution in [0.5, 0.6) is 0 Å². The minimum atomic E-state index is -4.72. The van der Waals surface area contributed by atoms with Crippen molar-refractivity contribution >= 4 is 29.0 Å². The number of hydrogen-bond donors (Lipinski definition) is 2. The number of fused-ring (bicyclic) bond motifs is 2. The topological polar surface area (TPSA) is 109 Å². The van der Waals surface area contributed by atoms with Gasteiger partial charge in [-0.25, -0.2) is 14.1 Å². The molecule has 0 radical (unpaired) electrons. The Balaban J connectivity index is 1.13. The number of imidazole rings is 1. The average molecular weight is 618 g/mol. The van der Waals surface area contributed by atoms with Crippen LogP contribution in [0.3, 0.4) is 0 Å². The van der Waals surface area contributed by atoms with Crippen molar-refractivity contribution in [1.82, 2.24) is 35.2 Å². The van der Waals surface area contributed by atoms with Gasteiger partial charge in [-0.3, -0.25) is 9.59 Å². The first kappa shape index (κ1) is 28.1. The van der Waals surface area contributed by atoms with Gasteiger partial charge in [0.05, 0.1) is 22.9 Å². The molecule has 3 fully saturated rings. The zero-order valence-electron chi connectivity index (χ0n) is 22.9. The number of alkyl halides is 3. The number of nitrogens with one attached hydrogen (secondary N) is 2. The highest BCUT2D eigenvalue weighted by molar-refractivity contribution is 6.31. The minimum Gasteiger partial charge on any atom is -0.353 e. The Morgan fingerprint density at radius 3 is 2.70 bits per heavy atom. The Kier molecular flexibility index (Phi) is 6.82. The molecule has 3 aromatic rings. The van der Waals surface area contributed by atoms with E-state index in [-0.39, 0.29) is 52.6 Å². The van der Waals surface area contributed by atoms with E-state index in [0.717, 1.165) is 36.1 Å². The van der Waals surface area contributed by atoms with Gasteiger partial charge in [-0.1, -0.05) is 16.8 Å². The Bertz CT molecular complexity index is 1630. The SMILES string of the molecule is O=C1CCC2CC(c3cnc([C@@H]4CC[C@@H]5CC(c6c(-n7cc(C(F)(F)F)nn7)ccc(Cl)c6F)=CC(=O)N54)[nH]3)CCC2N1. The predicted molar refractivity (Wildman–Crippen MR) is 146 cm³/mol. The number of carbonyl (C=O) groups is 2. The molecular weight excluding hydrogens is 590 g/mol. The number of aromatic nitrogens is 5. The average Bonchev–Trinajstić information content (AvgIpc) is 3.73. The van der Waals surface area contributed by atoms with E-state index in [1.54, 1.807) is 4.90 Å². The second kappa shape index (κ2) is 10.5. The molecule has 3 aliphatic heterocycles. The second-order valence-electron chi connectivity index (χ2n) is 11.9. The maximum absolute atomic E-state index is 15.5. The van der Waals surface area contributed by atoms with Crippen LogP contribution in [0.4, 0.5) is 17.6 Å². The summed E-state index contributed by atoms with van der Waals surface area (Å²) in [6.45, 7) is 0. The fourth-order valence-corrected chi connectivity index (χ4v) is 7.48. The third kappa shape index (κ3) is 5.00. The molecular formula is C29H28ClF4N7O2. The van der Waals surface area contributed by atoms with Crippen molar-refractivity contribution in [3.05, 3.63) is 64.2 Å². The van der Waals surface area contributed by atoms with E-state index >= 15 is 4.39 Å². The lowest BCUT2D eigenvalue weighted by molar-refractivity contribution is -0.141. The highest BCUT2D eigenvalue weighted by Crippen LogP contribution is 2.45. The summed E-state index contributed by atoms with van der Waals surface area (Å²) in [4.78, 5) is 35.2. The van der Waals surface area contributed by atoms with Gasteiger partial charge in [-0.2, -0.15) is 13.2 Å². The van der Waals surface area contributed by atoms with Crippen LogP contribution >= 0.6 is 11.6 Å². The van der Waals surface area contributed by atoms with Crippen LogP contribution in [0, 0.1) is 11.7 Å². The van der Waals surface area contributed by atoms with Gasteiger partial charge in [0.15, 0.2) is 11.5 Å². The van der Waals surface area contributed by atoms with E-state index < -0.39 is 17.7 Å². The van der Waals surface area contributed by atoms with Crippen LogP contribution < -0.4 is 5.32 Å². The summed E-state index contributed by atoms with van der Waals surface area (Å²) in [5.74, 6) is 0.417. The third-order valence-electron chi connectivity index (χ3n) is 9.38. The van der Waals surface area contributed by atoms with Crippen molar-refractivity contribution in [1.29, 1.82) is 0 Å². The molecule has 1 saturated carbocycles. The number of benzene rings is 1. The fourth-order valence-electron chi connectivity index (χ4n) is 7.32. The Labute approximate surface area is 248 Å². The molecule has 3 unspecified atom stereocenters. The summed E-state index contributed by atoms with van der Waals surface area (Å²) in [6, 6.07) is 2.31. The van der Waals surface area contributed by atoms with Crippen molar-refractivity contribution in [3.8, 4) is 5.69 Å².